The highest BCUT2D eigenvalue weighted by Gasteiger charge is 2.47. The molecule has 2 aliphatic rings. The molecule has 0 bridgehead atoms. The Kier molecular flexibility index (Phi) is 8.54. The zero-order valence-corrected chi connectivity index (χ0v) is 20.9. The molecule has 9 nitrogen and oxygen atoms in total. The second-order valence-electron chi connectivity index (χ2n) is 11.3. The lowest BCUT2D eigenvalue weighted by molar-refractivity contribution is -0.164. The number of carbonyl (C=O) groups is 4. The number of carboxylic acids is 1. The summed E-state index contributed by atoms with van der Waals surface area (Å²) in [5.41, 5.74) is -2.71. The van der Waals surface area contributed by atoms with Gasteiger partial charge in [-0.2, -0.15) is 0 Å². The monoisotopic (exact) mass is 468 g/mol. The maximum Gasteiger partial charge on any atom is 0.417 e. The number of hydrogen-bond donors (Lipinski definition) is 2. The molecule has 0 aromatic heterocycles. The zero-order chi connectivity index (χ0) is 25.0. The van der Waals surface area contributed by atoms with Crippen molar-refractivity contribution in [1.29, 1.82) is 0 Å². The summed E-state index contributed by atoms with van der Waals surface area (Å²) in [7, 11) is 0. The number of rotatable bonds is 7. The number of carboxylic acid groups (broad SMARTS) is 1. The summed E-state index contributed by atoms with van der Waals surface area (Å²) in [6.07, 6.45) is 2.96. The quantitative estimate of drug-likeness (QED) is 0.545. The lowest BCUT2D eigenvalue weighted by atomic mass is 9.77. The van der Waals surface area contributed by atoms with Crippen molar-refractivity contribution in [1.82, 2.24) is 10.2 Å². The Balaban J connectivity index is 2.37. The van der Waals surface area contributed by atoms with E-state index in [1.54, 1.807) is 41.5 Å². The standard InChI is InChI=1S/C24H40N2O7/c1-22(2,3)32-19(28)16(14-24(20(29)30)11-7-8-12-24)15-26(21(31)33-23(4,5)6)18(27)17-10-9-13-25-17/h16-17,25H,7-15H2,1-6H3,(H,29,30). The fourth-order valence-corrected chi connectivity index (χ4v) is 4.51. The first-order chi connectivity index (χ1) is 15.1. The van der Waals surface area contributed by atoms with E-state index in [-0.39, 0.29) is 13.0 Å². The third kappa shape index (κ3) is 7.69. The van der Waals surface area contributed by atoms with Crippen LogP contribution in [0.4, 0.5) is 4.79 Å². The van der Waals surface area contributed by atoms with Gasteiger partial charge in [0.15, 0.2) is 0 Å². The predicted molar refractivity (Wildman–Crippen MR) is 121 cm³/mol. The number of nitrogens with one attached hydrogen (secondary N) is 1. The average molecular weight is 469 g/mol. The maximum absolute atomic E-state index is 13.3. The highest BCUT2D eigenvalue weighted by molar-refractivity contribution is 5.95. The van der Waals surface area contributed by atoms with Gasteiger partial charge in [-0.1, -0.05) is 12.8 Å². The van der Waals surface area contributed by atoms with Gasteiger partial charge in [-0.05, 0) is 80.2 Å². The van der Waals surface area contributed by atoms with Crippen molar-refractivity contribution in [2.45, 2.75) is 104 Å². The second kappa shape index (κ2) is 10.4. The van der Waals surface area contributed by atoms with Crippen molar-refractivity contribution in [3.63, 3.8) is 0 Å². The van der Waals surface area contributed by atoms with Crippen LogP contribution in [0.2, 0.25) is 0 Å². The van der Waals surface area contributed by atoms with Crippen LogP contribution in [-0.4, -0.2) is 64.3 Å². The van der Waals surface area contributed by atoms with E-state index in [2.05, 4.69) is 5.32 Å². The van der Waals surface area contributed by atoms with Crippen molar-refractivity contribution in [3.8, 4) is 0 Å². The van der Waals surface area contributed by atoms with Crippen LogP contribution < -0.4 is 5.32 Å². The highest BCUT2D eigenvalue weighted by Crippen LogP contribution is 2.44. The first kappa shape index (κ1) is 27.1. The lowest BCUT2D eigenvalue weighted by Crippen LogP contribution is -2.51. The molecule has 2 amide bonds. The molecule has 2 fully saturated rings. The second-order valence-corrected chi connectivity index (χ2v) is 11.3. The number of ether oxygens (including phenoxy) is 2. The SMILES string of the molecule is CC(C)(C)OC(=O)C(CN(C(=O)OC(C)(C)C)C(=O)C1CCCN1)CC1(C(=O)O)CCCC1. The minimum Gasteiger partial charge on any atom is -0.481 e. The molecule has 0 aromatic carbocycles. The molecule has 2 unspecified atom stereocenters. The number of aliphatic carboxylic acids is 1. The van der Waals surface area contributed by atoms with Crippen LogP contribution in [0.25, 0.3) is 0 Å². The summed E-state index contributed by atoms with van der Waals surface area (Å²) in [4.78, 5) is 52.6. The molecule has 0 aromatic rings. The van der Waals surface area contributed by atoms with Crippen LogP contribution in [-0.2, 0) is 23.9 Å². The number of esters is 1. The molecule has 2 N–H and O–H groups in total. The number of carbonyl (C=O) groups excluding carboxylic acids is 3. The van der Waals surface area contributed by atoms with Crippen LogP contribution in [0, 0.1) is 11.3 Å². The van der Waals surface area contributed by atoms with Crippen LogP contribution in [0.3, 0.4) is 0 Å². The molecule has 188 valence electrons. The summed E-state index contributed by atoms with van der Waals surface area (Å²) in [5.74, 6) is -3.01. The molecule has 2 rings (SSSR count). The van der Waals surface area contributed by atoms with Gasteiger partial charge >= 0.3 is 18.0 Å². The minimum atomic E-state index is -1.07. The van der Waals surface area contributed by atoms with E-state index in [9.17, 15) is 24.3 Å². The predicted octanol–water partition coefficient (Wildman–Crippen LogP) is 3.50. The van der Waals surface area contributed by atoms with E-state index < -0.39 is 52.5 Å². The van der Waals surface area contributed by atoms with Gasteiger partial charge in [-0.15, -0.1) is 0 Å². The maximum atomic E-state index is 13.3. The Bertz CT molecular complexity index is 739. The van der Waals surface area contributed by atoms with Gasteiger partial charge < -0.3 is 19.9 Å². The number of amides is 2. The normalized spacial score (nSPS) is 21.3. The molecule has 0 spiro atoms. The zero-order valence-electron chi connectivity index (χ0n) is 20.9. The molecule has 1 saturated carbocycles. The first-order valence-electron chi connectivity index (χ1n) is 11.9. The molecular weight excluding hydrogens is 428 g/mol. The molecule has 1 aliphatic heterocycles. The van der Waals surface area contributed by atoms with Crippen LogP contribution in [0.15, 0.2) is 0 Å². The molecule has 9 heteroatoms. The fraction of sp³-hybridized carbons (Fsp3) is 0.833. The van der Waals surface area contributed by atoms with Gasteiger partial charge in [0.1, 0.15) is 11.2 Å². The Hall–Kier alpha value is -2.16. The van der Waals surface area contributed by atoms with Crippen molar-refractivity contribution < 1.29 is 33.8 Å². The lowest BCUT2D eigenvalue weighted by Gasteiger charge is -2.34. The minimum absolute atomic E-state index is 0.00190. The highest BCUT2D eigenvalue weighted by atomic mass is 16.6. The number of nitrogens with zero attached hydrogens (tertiary/aromatic N) is 1. The van der Waals surface area contributed by atoms with E-state index in [4.69, 9.17) is 9.47 Å². The Morgan fingerprint density at radius 3 is 2.03 bits per heavy atom. The van der Waals surface area contributed by atoms with Crippen LogP contribution in [0.5, 0.6) is 0 Å². The van der Waals surface area contributed by atoms with Gasteiger partial charge in [-0.3, -0.25) is 14.4 Å². The molecular formula is C24H40N2O7. The van der Waals surface area contributed by atoms with Crippen LogP contribution in [0.1, 0.15) is 86.5 Å². The average Bonchev–Trinajstić information content (AvgIpc) is 3.34. The molecule has 0 radical (unpaired) electrons. The topological polar surface area (TPSA) is 122 Å². The van der Waals surface area contributed by atoms with E-state index in [1.165, 1.54) is 0 Å². The Morgan fingerprint density at radius 2 is 1.58 bits per heavy atom. The van der Waals surface area contributed by atoms with E-state index >= 15 is 0 Å². The summed E-state index contributed by atoms with van der Waals surface area (Å²) < 4.78 is 11.1. The van der Waals surface area contributed by atoms with Crippen LogP contribution >= 0.6 is 0 Å². The number of hydrogen-bond acceptors (Lipinski definition) is 7. The van der Waals surface area contributed by atoms with Crippen molar-refractivity contribution in [2.24, 2.45) is 11.3 Å². The van der Waals surface area contributed by atoms with Crippen molar-refractivity contribution in [2.75, 3.05) is 13.1 Å². The van der Waals surface area contributed by atoms with Gasteiger partial charge in [-0.25, -0.2) is 9.69 Å². The first-order valence-corrected chi connectivity index (χ1v) is 11.9. The van der Waals surface area contributed by atoms with Crippen molar-refractivity contribution in [3.05, 3.63) is 0 Å². The van der Waals surface area contributed by atoms with Gasteiger partial charge in [0.2, 0.25) is 5.91 Å². The fourth-order valence-electron chi connectivity index (χ4n) is 4.51. The van der Waals surface area contributed by atoms with Gasteiger partial charge in [0.05, 0.1) is 17.4 Å². The summed E-state index contributed by atoms with van der Waals surface area (Å²) in [6, 6.07) is -0.545. The Morgan fingerprint density at radius 1 is 1.00 bits per heavy atom. The summed E-state index contributed by atoms with van der Waals surface area (Å²) in [5, 5.41) is 13.1. The molecule has 2 atom stereocenters. The summed E-state index contributed by atoms with van der Waals surface area (Å²) >= 11 is 0. The molecule has 1 saturated heterocycles. The molecule has 1 heterocycles. The largest absolute Gasteiger partial charge is 0.481 e. The van der Waals surface area contributed by atoms with E-state index in [0.29, 0.717) is 25.8 Å². The van der Waals surface area contributed by atoms with Gasteiger partial charge in [0.25, 0.3) is 0 Å². The number of imide groups is 1. The third-order valence-corrected chi connectivity index (χ3v) is 6.03. The smallest absolute Gasteiger partial charge is 0.417 e. The van der Waals surface area contributed by atoms with Crippen molar-refractivity contribution >= 4 is 23.9 Å². The Labute approximate surface area is 196 Å². The third-order valence-electron chi connectivity index (χ3n) is 6.03. The molecule has 33 heavy (non-hydrogen) atoms. The molecule has 1 aliphatic carbocycles. The van der Waals surface area contributed by atoms with E-state index in [1.807, 2.05) is 0 Å². The summed E-state index contributed by atoms with van der Waals surface area (Å²) in [6.45, 7) is 10.7. The van der Waals surface area contributed by atoms with Gasteiger partial charge in [0, 0.05) is 6.54 Å². The van der Waals surface area contributed by atoms with E-state index in [0.717, 1.165) is 24.2 Å².